The number of benzene rings is 1. The molecule has 1 aliphatic heterocycles. The van der Waals surface area contributed by atoms with Gasteiger partial charge in [0.25, 0.3) is 0 Å². The molecule has 1 aromatic heterocycles. The summed E-state index contributed by atoms with van der Waals surface area (Å²) in [5.41, 5.74) is 1.08. The first kappa shape index (κ1) is 22.0. The molecule has 2 heterocycles. The standard InChI is InChI=1S/C17H23N5O4S3/c1-3-18-16-20-21-17(28-16)27-11-15(23)19-13-5-4-12(2)14(10-13)29(24,25)22-6-8-26-9-7-22/h4-5,10H,3,6-9,11H2,1-2H3,(H,18,20)(H,19,23). The smallest absolute Gasteiger partial charge is 0.243 e. The second-order valence-corrected chi connectivity index (χ2v) is 10.3. The van der Waals surface area contributed by atoms with Crippen LogP contribution in [0.25, 0.3) is 0 Å². The van der Waals surface area contributed by atoms with E-state index in [2.05, 4.69) is 20.8 Å². The van der Waals surface area contributed by atoms with Crippen molar-refractivity contribution in [2.24, 2.45) is 0 Å². The molecule has 158 valence electrons. The number of nitrogens with zero attached hydrogens (tertiary/aromatic N) is 3. The van der Waals surface area contributed by atoms with Gasteiger partial charge in [0, 0.05) is 25.3 Å². The van der Waals surface area contributed by atoms with Crippen molar-refractivity contribution in [1.82, 2.24) is 14.5 Å². The Morgan fingerprint density at radius 1 is 1.31 bits per heavy atom. The second-order valence-electron chi connectivity index (χ2n) is 6.24. The van der Waals surface area contributed by atoms with Crippen LogP contribution in [-0.2, 0) is 19.6 Å². The van der Waals surface area contributed by atoms with Gasteiger partial charge in [0.2, 0.25) is 21.1 Å². The van der Waals surface area contributed by atoms with Gasteiger partial charge in [-0.2, -0.15) is 4.31 Å². The molecule has 0 bridgehead atoms. The van der Waals surface area contributed by atoms with E-state index in [1.54, 1.807) is 19.1 Å². The van der Waals surface area contributed by atoms with Crippen molar-refractivity contribution in [3.63, 3.8) is 0 Å². The van der Waals surface area contributed by atoms with Crippen molar-refractivity contribution in [2.45, 2.75) is 23.1 Å². The number of amides is 1. The van der Waals surface area contributed by atoms with Crippen LogP contribution >= 0.6 is 23.1 Å². The van der Waals surface area contributed by atoms with Gasteiger partial charge in [-0.3, -0.25) is 4.79 Å². The van der Waals surface area contributed by atoms with Crippen molar-refractivity contribution in [1.29, 1.82) is 0 Å². The molecule has 0 unspecified atom stereocenters. The van der Waals surface area contributed by atoms with Crippen LogP contribution in [0.1, 0.15) is 12.5 Å². The Labute approximate surface area is 178 Å². The van der Waals surface area contributed by atoms with Gasteiger partial charge in [0.15, 0.2) is 4.34 Å². The highest BCUT2D eigenvalue weighted by molar-refractivity contribution is 8.01. The number of ether oxygens (including phenoxy) is 1. The third-order valence-corrected chi connectivity index (χ3v) is 8.18. The van der Waals surface area contributed by atoms with Gasteiger partial charge in [-0.1, -0.05) is 29.2 Å². The molecule has 12 heteroatoms. The number of aromatic nitrogens is 2. The monoisotopic (exact) mass is 457 g/mol. The number of carbonyl (C=O) groups is 1. The Balaban J connectivity index is 1.64. The molecule has 1 saturated heterocycles. The average Bonchev–Trinajstić information content (AvgIpc) is 3.16. The van der Waals surface area contributed by atoms with E-state index >= 15 is 0 Å². The molecule has 3 rings (SSSR count). The molecule has 1 aliphatic rings. The summed E-state index contributed by atoms with van der Waals surface area (Å²) in [5.74, 6) is -0.0889. The zero-order valence-electron chi connectivity index (χ0n) is 16.2. The van der Waals surface area contributed by atoms with E-state index < -0.39 is 10.0 Å². The third kappa shape index (κ3) is 5.66. The molecule has 1 amide bonds. The van der Waals surface area contributed by atoms with Crippen molar-refractivity contribution in [3.05, 3.63) is 23.8 Å². The van der Waals surface area contributed by atoms with Gasteiger partial charge >= 0.3 is 0 Å². The molecule has 0 aliphatic carbocycles. The topological polar surface area (TPSA) is 114 Å². The van der Waals surface area contributed by atoms with E-state index in [1.807, 2.05) is 6.92 Å². The summed E-state index contributed by atoms with van der Waals surface area (Å²) in [4.78, 5) is 12.5. The van der Waals surface area contributed by atoms with Gasteiger partial charge < -0.3 is 15.4 Å². The van der Waals surface area contributed by atoms with E-state index in [-0.39, 0.29) is 16.6 Å². The number of thioether (sulfide) groups is 1. The number of carbonyl (C=O) groups excluding carboxylic acids is 1. The highest BCUT2D eigenvalue weighted by Gasteiger charge is 2.28. The summed E-state index contributed by atoms with van der Waals surface area (Å²) >= 11 is 2.67. The fourth-order valence-electron chi connectivity index (χ4n) is 2.70. The summed E-state index contributed by atoms with van der Waals surface area (Å²) < 4.78 is 33.2. The summed E-state index contributed by atoms with van der Waals surface area (Å²) in [6.45, 7) is 5.88. The quantitative estimate of drug-likeness (QED) is 0.579. The second kappa shape index (κ2) is 9.85. The van der Waals surface area contributed by atoms with E-state index in [1.165, 1.54) is 33.5 Å². The molecule has 2 N–H and O–H groups in total. The van der Waals surface area contributed by atoms with E-state index in [0.29, 0.717) is 47.0 Å². The lowest BCUT2D eigenvalue weighted by Gasteiger charge is -2.26. The maximum atomic E-state index is 12.9. The molecular weight excluding hydrogens is 434 g/mol. The minimum absolute atomic E-state index is 0.153. The number of hydrogen-bond acceptors (Lipinski definition) is 9. The number of morpholine rings is 1. The summed E-state index contributed by atoms with van der Waals surface area (Å²) in [6, 6.07) is 4.91. The van der Waals surface area contributed by atoms with Crippen molar-refractivity contribution >= 4 is 49.8 Å². The van der Waals surface area contributed by atoms with Gasteiger partial charge in [-0.25, -0.2) is 8.42 Å². The molecule has 0 saturated carbocycles. The van der Waals surface area contributed by atoms with E-state index in [4.69, 9.17) is 4.74 Å². The first-order valence-electron chi connectivity index (χ1n) is 9.08. The van der Waals surface area contributed by atoms with Gasteiger partial charge in [0.05, 0.1) is 23.9 Å². The van der Waals surface area contributed by atoms with Crippen LogP contribution in [0.5, 0.6) is 0 Å². The number of aryl methyl sites for hydroxylation is 1. The normalized spacial score (nSPS) is 15.2. The Bertz CT molecular complexity index is 958. The highest BCUT2D eigenvalue weighted by Crippen LogP contribution is 2.27. The third-order valence-electron chi connectivity index (χ3n) is 4.12. The van der Waals surface area contributed by atoms with Crippen molar-refractivity contribution in [2.75, 3.05) is 49.2 Å². The number of hydrogen-bond donors (Lipinski definition) is 2. The minimum Gasteiger partial charge on any atom is -0.379 e. The van der Waals surface area contributed by atoms with Crippen LogP contribution in [0, 0.1) is 6.92 Å². The molecule has 1 aromatic carbocycles. The Kier molecular flexibility index (Phi) is 7.46. The fourth-order valence-corrected chi connectivity index (χ4v) is 5.98. The predicted octanol–water partition coefficient (Wildman–Crippen LogP) is 2.03. The van der Waals surface area contributed by atoms with Crippen LogP contribution < -0.4 is 10.6 Å². The molecule has 1 fully saturated rings. The molecule has 2 aromatic rings. The van der Waals surface area contributed by atoms with Crippen LogP contribution in [0.4, 0.5) is 10.8 Å². The Morgan fingerprint density at radius 3 is 2.79 bits per heavy atom. The fraction of sp³-hybridized carbons (Fsp3) is 0.471. The average molecular weight is 458 g/mol. The largest absolute Gasteiger partial charge is 0.379 e. The molecule has 9 nitrogen and oxygen atoms in total. The first-order valence-corrected chi connectivity index (χ1v) is 12.3. The van der Waals surface area contributed by atoms with Crippen molar-refractivity contribution in [3.8, 4) is 0 Å². The lowest BCUT2D eigenvalue weighted by molar-refractivity contribution is -0.113. The molecule has 0 radical (unpaired) electrons. The lowest BCUT2D eigenvalue weighted by atomic mass is 10.2. The Hall–Kier alpha value is -1.73. The predicted molar refractivity (Wildman–Crippen MR) is 114 cm³/mol. The van der Waals surface area contributed by atoms with Gasteiger partial charge in [0.1, 0.15) is 0 Å². The first-order chi connectivity index (χ1) is 13.9. The van der Waals surface area contributed by atoms with E-state index in [0.717, 1.165) is 6.54 Å². The summed E-state index contributed by atoms with van der Waals surface area (Å²) in [6.07, 6.45) is 0. The number of nitrogens with one attached hydrogen (secondary N) is 2. The number of rotatable bonds is 8. The van der Waals surface area contributed by atoms with Crippen LogP contribution in [0.3, 0.4) is 0 Å². The van der Waals surface area contributed by atoms with Gasteiger partial charge in [-0.05, 0) is 31.5 Å². The van der Waals surface area contributed by atoms with Gasteiger partial charge in [-0.15, -0.1) is 10.2 Å². The summed E-state index contributed by atoms with van der Waals surface area (Å²) in [5, 5.41) is 14.5. The minimum atomic E-state index is -3.64. The number of sulfonamides is 1. The highest BCUT2D eigenvalue weighted by atomic mass is 32.2. The zero-order chi connectivity index (χ0) is 20.9. The zero-order valence-corrected chi connectivity index (χ0v) is 18.6. The molecular formula is C17H23N5O4S3. The van der Waals surface area contributed by atoms with Crippen LogP contribution in [0.15, 0.2) is 27.4 Å². The maximum Gasteiger partial charge on any atom is 0.243 e. The van der Waals surface area contributed by atoms with Crippen molar-refractivity contribution < 1.29 is 17.9 Å². The van der Waals surface area contributed by atoms with Crippen LogP contribution in [0.2, 0.25) is 0 Å². The van der Waals surface area contributed by atoms with E-state index in [9.17, 15) is 13.2 Å². The molecule has 29 heavy (non-hydrogen) atoms. The maximum absolute atomic E-state index is 12.9. The lowest BCUT2D eigenvalue weighted by Crippen LogP contribution is -2.40. The van der Waals surface area contributed by atoms with Crippen LogP contribution in [-0.4, -0.2) is 67.4 Å². The Morgan fingerprint density at radius 2 is 2.07 bits per heavy atom. The molecule has 0 spiro atoms. The summed E-state index contributed by atoms with van der Waals surface area (Å²) in [7, 11) is -3.64. The number of anilines is 2. The SMILES string of the molecule is CCNc1nnc(SCC(=O)Nc2ccc(C)c(S(=O)(=O)N3CCOCC3)c2)s1. The molecule has 0 atom stereocenters.